The summed E-state index contributed by atoms with van der Waals surface area (Å²) in [6, 6.07) is 0.752. The van der Waals surface area contributed by atoms with Gasteiger partial charge in [-0.05, 0) is 31.3 Å². The maximum atomic E-state index is 9.38. The van der Waals surface area contributed by atoms with Crippen LogP contribution in [0.15, 0.2) is 0 Å². The van der Waals surface area contributed by atoms with E-state index >= 15 is 0 Å². The number of nitrogens with one attached hydrogen (secondary N) is 1. The van der Waals surface area contributed by atoms with Gasteiger partial charge in [0.05, 0.1) is 0 Å². The van der Waals surface area contributed by atoms with Crippen LogP contribution in [0.1, 0.15) is 26.7 Å². The van der Waals surface area contributed by atoms with Crippen molar-refractivity contribution in [3.8, 4) is 0 Å². The van der Waals surface area contributed by atoms with Gasteiger partial charge in [0, 0.05) is 31.7 Å². The summed E-state index contributed by atoms with van der Waals surface area (Å²) in [5.41, 5.74) is 0.291. The number of piperidine rings is 1. The number of aliphatic hydroxyl groups is 1. The van der Waals surface area contributed by atoms with Gasteiger partial charge in [-0.15, -0.1) is 0 Å². The second-order valence-corrected chi connectivity index (χ2v) is 5.78. The fourth-order valence-electron chi connectivity index (χ4n) is 3.00. The van der Waals surface area contributed by atoms with E-state index in [2.05, 4.69) is 24.1 Å². The Hall–Kier alpha value is -0.120. The molecule has 2 saturated heterocycles. The lowest BCUT2D eigenvalue weighted by Gasteiger charge is -2.32. The molecular weight excluding hydrogens is 188 g/mol. The minimum absolute atomic E-state index is 0.291. The number of aliphatic hydroxyl groups excluding tert-OH is 1. The molecule has 2 heterocycles. The van der Waals surface area contributed by atoms with Crippen LogP contribution in [-0.2, 0) is 0 Å². The zero-order chi connectivity index (χ0) is 10.9. The molecule has 0 spiro atoms. The van der Waals surface area contributed by atoms with E-state index in [1.807, 2.05) is 0 Å². The molecule has 2 aliphatic heterocycles. The predicted octanol–water partition coefficient (Wildman–Crippen LogP) is 0.689. The lowest BCUT2D eigenvalue weighted by molar-refractivity contribution is 0.160. The van der Waals surface area contributed by atoms with Crippen LogP contribution in [0.25, 0.3) is 0 Å². The Bertz CT molecular complexity index is 212. The number of hydrogen-bond donors (Lipinski definition) is 2. The second-order valence-electron chi connectivity index (χ2n) is 5.78. The van der Waals surface area contributed by atoms with E-state index in [1.165, 1.54) is 12.8 Å². The molecule has 2 aliphatic rings. The van der Waals surface area contributed by atoms with Gasteiger partial charge in [-0.2, -0.15) is 0 Å². The molecule has 0 aliphatic carbocycles. The van der Waals surface area contributed by atoms with Crippen LogP contribution in [0.2, 0.25) is 0 Å². The van der Waals surface area contributed by atoms with Gasteiger partial charge >= 0.3 is 0 Å². The third kappa shape index (κ3) is 2.35. The number of nitrogens with zero attached hydrogens (tertiary/aromatic N) is 1. The average molecular weight is 212 g/mol. The zero-order valence-electron chi connectivity index (χ0n) is 10.00. The van der Waals surface area contributed by atoms with Crippen molar-refractivity contribution in [1.29, 1.82) is 0 Å². The van der Waals surface area contributed by atoms with E-state index in [4.69, 9.17) is 0 Å². The number of likely N-dealkylation sites (tertiary alicyclic amines) is 1. The van der Waals surface area contributed by atoms with Crippen molar-refractivity contribution in [2.75, 3.05) is 32.8 Å². The van der Waals surface area contributed by atoms with Crippen LogP contribution in [0.4, 0.5) is 0 Å². The van der Waals surface area contributed by atoms with Crippen LogP contribution < -0.4 is 5.32 Å². The van der Waals surface area contributed by atoms with Crippen molar-refractivity contribution in [2.45, 2.75) is 32.7 Å². The van der Waals surface area contributed by atoms with Crippen LogP contribution in [0.3, 0.4) is 0 Å². The molecule has 1 atom stereocenters. The second kappa shape index (κ2) is 4.40. The maximum absolute atomic E-state index is 9.38. The molecule has 3 heteroatoms. The smallest absolute Gasteiger partial charge is 0.0477 e. The molecule has 0 unspecified atom stereocenters. The summed E-state index contributed by atoms with van der Waals surface area (Å²) in [5, 5.41) is 12.8. The van der Waals surface area contributed by atoms with Gasteiger partial charge in [0.15, 0.2) is 0 Å². The summed E-state index contributed by atoms with van der Waals surface area (Å²) in [5.74, 6) is 0.465. The first-order valence-corrected chi connectivity index (χ1v) is 6.19. The van der Waals surface area contributed by atoms with Crippen molar-refractivity contribution in [1.82, 2.24) is 10.2 Å². The van der Waals surface area contributed by atoms with E-state index in [9.17, 15) is 5.11 Å². The van der Waals surface area contributed by atoms with Gasteiger partial charge in [-0.25, -0.2) is 0 Å². The molecule has 15 heavy (non-hydrogen) atoms. The Kier molecular flexibility index (Phi) is 3.33. The zero-order valence-corrected chi connectivity index (χ0v) is 10.00. The summed E-state index contributed by atoms with van der Waals surface area (Å²) in [7, 11) is 0. The molecule has 0 aromatic heterocycles. The molecule has 88 valence electrons. The number of rotatable bonds is 2. The van der Waals surface area contributed by atoms with Crippen molar-refractivity contribution in [3.63, 3.8) is 0 Å². The van der Waals surface area contributed by atoms with Gasteiger partial charge in [0.1, 0.15) is 0 Å². The first-order valence-electron chi connectivity index (χ1n) is 6.19. The van der Waals surface area contributed by atoms with Crippen LogP contribution >= 0.6 is 0 Å². The van der Waals surface area contributed by atoms with E-state index in [1.54, 1.807) is 0 Å². The molecule has 0 amide bonds. The molecule has 0 aromatic rings. The minimum Gasteiger partial charge on any atom is -0.396 e. The standard InChI is InChI=1S/C12H24N2O/c1-12(2)9-14(7-10(12)8-15)11-3-5-13-6-4-11/h10-11,13,15H,3-9H2,1-2H3/t10-/m1/s1. The molecule has 0 aromatic carbocycles. The molecule has 3 nitrogen and oxygen atoms in total. The van der Waals surface area contributed by atoms with Gasteiger partial charge in [0.2, 0.25) is 0 Å². The Morgan fingerprint density at radius 3 is 2.53 bits per heavy atom. The van der Waals surface area contributed by atoms with Crippen molar-refractivity contribution in [3.05, 3.63) is 0 Å². The molecular formula is C12H24N2O. The first-order chi connectivity index (χ1) is 7.13. The largest absolute Gasteiger partial charge is 0.396 e. The Morgan fingerprint density at radius 2 is 2.00 bits per heavy atom. The molecule has 2 fully saturated rings. The van der Waals surface area contributed by atoms with Gasteiger partial charge < -0.3 is 10.4 Å². The third-order valence-corrected chi connectivity index (χ3v) is 4.22. The Balaban J connectivity index is 1.95. The predicted molar refractivity (Wildman–Crippen MR) is 61.8 cm³/mol. The van der Waals surface area contributed by atoms with Crippen molar-refractivity contribution in [2.24, 2.45) is 11.3 Å². The fourth-order valence-corrected chi connectivity index (χ4v) is 3.00. The van der Waals surface area contributed by atoms with Crippen LogP contribution in [0.5, 0.6) is 0 Å². The Morgan fingerprint density at radius 1 is 1.33 bits per heavy atom. The third-order valence-electron chi connectivity index (χ3n) is 4.22. The van der Waals surface area contributed by atoms with Gasteiger partial charge in [0.25, 0.3) is 0 Å². The highest BCUT2D eigenvalue weighted by atomic mass is 16.3. The van der Waals surface area contributed by atoms with Crippen molar-refractivity contribution >= 4 is 0 Å². The quantitative estimate of drug-likeness (QED) is 0.707. The monoisotopic (exact) mass is 212 g/mol. The van der Waals surface area contributed by atoms with Gasteiger partial charge in [-0.3, -0.25) is 4.90 Å². The summed E-state index contributed by atoms with van der Waals surface area (Å²) in [6.45, 7) is 9.48. The highest BCUT2D eigenvalue weighted by Gasteiger charge is 2.41. The SMILES string of the molecule is CC1(C)CN(C2CCNCC2)C[C@@H]1CO. The van der Waals surface area contributed by atoms with Crippen molar-refractivity contribution < 1.29 is 5.11 Å². The minimum atomic E-state index is 0.291. The lowest BCUT2D eigenvalue weighted by atomic mass is 9.83. The fraction of sp³-hybridized carbons (Fsp3) is 1.00. The summed E-state index contributed by atoms with van der Waals surface area (Å²) >= 11 is 0. The first kappa shape index (κ1) is 11.4. The lowest BCUT2D eigenvalue weighted by Crippen LogP contribution is -2.42. The summed E-state index contributed by atoms with van der Waals surface area (Å²) < 4.78 is 0. The number of hydrogen-bond acceptors (Lipinski definition) is 3. The average Bonchev–Trinajstić information content (AvgIpc) is 2.55. The highest BCUT2D eigenvalue weighted by Crippen LogP contribution is 2.36. The molecule has 0 saturated carbocycles. The maximum Gasteiger partial charge on any atom is 0.0477 e. The van der Waals surface area contributed by atoms with Gasteiger partial charge in [-0.1, -0.05) is 13.8 Å². The molecule has 0 bridgehead atoms. The topological polar surface area (TPSA) is 35.5 Å². The van der Waals surface area contributed by atoms with E-state index in [0.29, 0.717) is 17.9 Å². The van der Waals surface area contributed by atoms with Crippen LogP contribution in [0, 0.1) is 11.3 Å². The van der Waals surface area contributed by atoms with E-state index in [-0.39, 0.29) is 0 Å². The summed E-state index contributed by atoms with van der Waals surface area (Å²) in [4.78, 5) is 2.60. The summed E-state index contributed by atoms with van der Waals surface area (Å²) in [6.07, 6.45) is 2.54. The highest BCUT2D eigenvalue weighted by molar-refractivity contribution is 4.93. The molecule has 2 rings (SSSR count). The molecule has 2 N–H and O–H groups in total. The van der Waals surface area contributed by atoms with E-state index in [0.717, 1.165) is 32.2 Å². The Labute approximate surface area is 92.8 Å². The normalized spacial score (nSPS) is 33.4. The van der Waals surface area contributed by atoms with Crippen LogP contribution in [-0.4, -0.2) is 48.8 Å². The van der Waals surface area contributed by atoms with E-state index < -0.39 is 0 Å². The molecule has 0 radical (unpaired) electrons.